The fraction of sp³-hybridized carbons (Fsp3) is 0.389. The Balaban J connectivity index is 1.34. The zero-order valence-corrected chi connectivity index (χ0v) is 14.6. The number of imidazole rings is 1. The molecule has 2 aliphatic rings. The molecule has 2 aliphatic heterocycles. The van der Waals surface area contributed by atoms with E-state index in [-0.39, 0.29) is 23.5 Å². The number of nitrogens with zero attached hydrogens (tertiary/aromatic N) is 2. The highest BCUT2D eigenvalue weighted by molar-refractivity contribution is 8.01. The second-order valence-electron chi connectivity index (χ2n) is 6.46. The number of anilines is 1. The number of fused-ring (bicyclic) bond motifs is 1. The highest BCUT2D eigenvalue weighted by atomic mass is 32.2. The van der Waals surface area contributed by atoms with Crippen LogP contribution < -0.4 is 5.32 Å². The number of hydrogen-bond donors (Lipinski definition) is 2. The van der Waals surface area contributed by atoms with Crippen molar-refractivity contribution >= 4 is 29.3 Å². The summed E-state index contributed by atoms with van der Waals surface area (Å²) >= 11 is 1.48. The Labute approximate surface area is 150 Å². The number of amides is 2. The number of hydrogen-bond acceptors (Lipinski definition) is 4. The van der Waals surface area contributed by atoms with Crippen LogP contribution in [0.4, 0.5) is 5.69 Å². The summed E-state index contributed by atoms with van der Waals surface area (Å²) in [6.45, 7) is 1.47. The predicted molar refractivity (Wildman–Crippen MR) is 96.5 cm³/mol. The van der Waals surface area contributed by atoms with Gasteiger partial charge in [0, 0.05) is 42.2 Å². The Morgan fingerprint density at radius 1 is 1.28 bits per heavy atom. The first-order valence-corrected chi connectivity index (χ1v) is 9.41. The van der Waals surface area contributed by atoms with E-state index in [1.807, 2.05) is 35.4 Å². The van der Waals surface area contributed by atoms with Crippen molar-refractivity contribution in [1.29, 1.82) is 0 Å². The maximum Gasteiger partial charge on any atom is 0.238 e. The number of nitrogens with one attached hydrogen (secondary N) is 2. The first-order valence-electron chi connectivity index (χ1n) is 8.53. The van der Waals surface area contributed by atoms with Crippen LogP contribution >= 0.6 is 11.8 Å². The Bertz CT molecular complexity index is 769. The van der Waals surface area contributed by atoms with E-state index in [4.69, 9.17) is 0 Å². The number of piperidine rings is 1. The Morgan fingerprint density at radius 2 is 2.08 bits per heavy atom. The van der Waals surface area contributed by atoms with Gasteiger partial charge in [0.25, 0.3) is 0 Å². The molecule has 6 nitrogen and oxygen atoms in total. The van der Waals surface area contributed by atoms with E-state index >= 15 is 0 Å². The number of benzene rings is 1. The fourth-order valence-electron chi connectivity index (χ4n) is 3.44. The number of carbonyl (C=O) groups excluding carboxylic acids is 2. The minimum Gasteiger partial charge on any atom is -0.348 e. The van der Waals surface area contributed by atoms with Gasteiger partial charge < -0.3 is 15.2 Å². The SMILES string of the molecule is O=C1Nc2ccccc2SC1CC(=O)N1CCC(c2cnc[nH]2)CC1. The molecule has 1 aromatic carbocycles. The lowest BCUT2D eigenvalue weighted by Crippen LogP contribution is -2.41. The second kappa shape index (κ2) is 6.92. The number of H-pyrrole nitrogens is 1. The summed E-state index contributed by atoms with van der Waals surface area (Å²) < 4.78 is 0. The molecule has 1 atom stereocenters. The molecule has 0 bridgehead atoms. The van der Waals surface area contributed by atoms with E-state index in [9.17, 15) is 9.59 Å². The van der Waals surface area contributed by atoms with Crippen molar-refractivity contribution in [2.75, 3.05) is 18.4 Å². The van der Waals surface area contributed by atoms with Crippen LogP contribution in [0.25, 0.3) is 0 Å². The monoisotopic (exact) mass is 356 g/mol. The van der Waals surface area contributed by atoms with E-state index in [0.717, 1.165) is 42.2 Å². The van der Waals surface area contributed by atoms with Crippen molar-refractivity contribution in [1.82, 2.24) is 14.9 Å². The number of aromatic nitrogens is 2. The first kappa shape index (κ1) is 16.2. The highest BCUT2D eigenvalue weighted by Gasteiger charge is 2.32. The van der Waals surface area contributed by atoms with Crippen molar-refractivity contribution in [2.24, 2.45) is 0 Å². The summed E-state index contributed by atoms with van der Waals surface area (Å²) in [6.07, 6.45) is 5.67. The van der Waals surface area contributed by atoms with Crippen molar-refractivity contribution < 1.29 is 9.59 Å². The van der Waals surface area contributed by atoms with Gasteiger partial charge in [-0.1, -0.05) is 12.1 Å². The quantitative estimate of drug-likeness (QED) is 0.886. The molecule has 0 radical (unpaired) electrons. The summed E-state index contributed by atoms with van der Waals surface area (Å²) in [5.41, 5.74) is 1.98. The van der Waals surface area contributed by atoms with Crippen molar-refractivity contribution in [3.63, 3.8) is 0 Å². The van der Waals surface area contributed by atoms with Crippen molar-refractivity contribution in [3.8, 4) is 0 Å². The van der Waals surface area contributed by atoms with Crippen molar-refractivity contribution in [3.05, 3.63) is 42.5 Å². The lowest BCUT2D eigenvalue weighted by atomic mass is 9.94. The Kier molecular flexibility index (Phi) is 4.48. The van der Waals surface area contributed by atoms with Gasteiger partial charge in [-0.15, -0.1) is 11.8 Å². The molecule has 7 heteroatoms. The normalized spacial score (nSPS) is 20.9. The molecule has 1 saturated heterocycles. The topological polar surface area (TPSA) is 78.1 Å². The molecular formula is C18H20N4O2S. The molecule has 130 valence electrons. The molecule has 1 aromatic heterocycles. The van der Waals surface area contributed by atoms with E-state index in [1.54, 1.807) is 6.33 Å². The number of thioether (sulfide) groups is 1. The maximum absolute atomic E-state index is 12.6. The molecule has 2 aromatic rings. The van der Waals surface area contributed by atoms with Crippen LogP contribution in [0.1, 0.15) is 30.9 Å². The van der Waals surface area contributed by atoms with Gasteiger partial charge in [0.15, 0.2) is 0 Å². The molecule has 0 saturated carbocycles. The zero-order valence-electron chi connectivity index (χ0n) is 13.8. The molecule has 1 fully saturated rings. The van der Waals surface area contributed by atoms with Crippen LogP contribution in [0.2, 0.25) is 0 Å². The van der Waals surface area contributed by atoms with Crippen molar-refractivity contribution in [2.45, 2.75) is 35.3 Å². The van der Waals surface area contributed by atoms with Gasteiger partial charge in [-0.3, -0.25) is 9.59 Å². The average molecular weight is 356 g/mol. The zero-order chi connectivity index (χ0) is 17.2. The van der Waals surface area contributed by atoms with Gasteiger partial charge in [0.05, 0.1) is 17.3 Å². The highest BCUT2D eigenvalue weighted by Crippen LogP contribution is 2.37. The van der Waals surface area contributed by atoms with Crippen LogP contribution in [-0.2, 0) is 9.59 Å². The average Bonchev–Trinajstić information content (AvgIpc) is 3.17. The van der Waals surface area contributed by atoms with E-state index in [0.29, 0.717) is 5.92 Å². The van der Waals surface area contributed by atoms with Gasteiger partial charge >= 0.3 is 0 Å². The lowest BCUT2D eigenvalue weighted by Gasteiger charge is -2.33. The minimum atomic E-state index is -0.354. The molecule has 0 aliphatic carbocycles. The summed E-state index contributed by atoms with van der Waals surface area (Å²) in [4.78, 5) is 35.0. The third kappa shape index (κ3) is 3.42. The van der Waals surface area contributed by atoms with Gasteiger partial charge in [-0.2, -0.15) is 0 Å². The van der Waals surface area contributed by atoms with E-state index in [2.05, 4.69) is 15.3 Å². The third-order valence-corrected chi connectivity index (χ3v) is 6.15. The number of carbonyl (C=O) groups is 2. The van der Waals surface area contributed by atoms with E-state index < -0.39 is 0 Å². The summed E-state index contributed by atoms with van der Waals surface area (Å²) in [7, 11) is 0. The first-order chi connectivity index (χ1) is 12.2. The van der Waals surface area contributed by atoms with Crippen LogP contribution in [0.5, 0.6) is 0 Å². The molecular weight excluding hydrogens is 336 g/mol. The van der Waals surface area contributed by atoms with Crippen LogP contribution in [0.15, 0.2) is 41.7 Å². The Hall–Kier alpha value is -2.28. The maximum atomic E-state index is 12.6. The predicted octanol–water partition coefficient (Wildman–Crippen LogP) is 2.62. The largest absolute Gasteiger partial charge is 0.348 e. The number of rotatable bonds is 3. The fourth-order valence-corrected chi connectivity index (χ4v) is 4.55. The standard InChI is InChI=1S/C18H20N4O2S/c23-17(22-7-5-12(6-8-22)14-10-19-11-20-14)9-16-18(24)21-13-3-1-2-4-15(13)25-16/h1-4,10-12,16H,5-9H2,(H,19,20)(H,21,24). The molecule has 25 heavy (non-hydrogen) atoms. The number of aromatic amines is 1. The molecule has 1 unspecified atom stereocenters. The Morgan fingerprint density at radius 3 is 2.84 bits per heavy atom. The van der Waals surface area contributed by atoms with Gasteiger partial charge in [0.1, 0.15) is 0 Å². The minimum absolute atomic E-state index is 0.0649. The van der Waals surface area contributed by atoms with Crippen LogP contribution in [0, 0.1) is 0 Å². The number of likely N-dealkylation sites (tertiary alicyclic amines) is 1. The molecule has 0 spiro atoms. The molecule has 2 N–H and O–H groups in total. The third-order valence-electron chi connectivity index (χ3n) is 4.87. The van der Waals surface area contributed by atoms with Gasteiger partial charge in [0.2, 0.25) is 11.8 Å². The lowest BCUT2D eigenvalue weighted by molar-refractivity contribution is -0.133. The summed E-state index contributed by atoms with van der Waals surface area (Å²) in [5.74, 6) is 0.422. The van der Waals surface area contributed by atoms with Crippen LogP contribution in [0.3, 0.4) is 0 Å². The molecule has 2 amide bonds. The summed E-state index contributed by atoms with van der Waals surface area (Å²) in [6, 6.07) is 7.71. The molecule has 3 heterocycles. The van der Waals surface area contributed by atoms with Gasteiger partial charge in [-0.25, -0.2) is 4.98 Å². The number of para-hydroxylation sites is 1. The second-order valence-corrected chi connectivity index (χ2v) is 7.70. The van der Waals surface area contributed by atoms with Crippen LogP contribution in [-0.4, -0.2) is 45.0 Å². The van der Waals surface area contributed by atoms with Gasteiger partial charge in [-0.05, 0) is 25.0 Å². The molecule has 4 rings (SSSR count). The van der Waals surface area contributed by atoms with E-state index in [1.165, 1.54) is 11.8 Å². The summed E-state index contributed by atoms with van der Waals surface area (Å²) in [5, 5.41) is 2.55. The smallest absolute Gasteiger partial charge is 0.238 e.